The maximum absolute atomic E-state index is 12.3. The number of rotatable bonds is 7. The Hall–Kier alpha value is -1.69. The van der Waals surface area contributed by atoms with E-state index in [-0.39, 0.29) is 12.5 Å². The number of ether oxygens (including phenoxy) is 1. The van der Waals surface area contributed by atoms with Gasteiger partial charge in [-0.2, -0.15) is 0 Å². The molecule has 4 nitrogen and oxygen atoms in total. The van der Waals surface area contributed by atoms with Crippen molar-refractivity contribution < 1.29 is 9.53 Å². The lowest BCUT2D eigenvalue weighted by Crippen LogP contribution is -2.30. The van der Waals surface area contributed by atoms with E-state index in [1.54, 1.807) is 24.9 Å². The highest BCUT2D eigenvalue weighted by atomic mass is 35.5. The molecule has 0 saturated heterocycles. The fourth-order valence-electron chi connectivity index (χ4n) is 2.40. The lowest BCUT2D eigenvalue weighted by molar-refractivity contribution is -0.117. The normalized spacial score (nSPS) is 10.7. The number of carbonyl (C=O) groups excluding carboxylic acids is 1. The molecule has 2 aromatic rings. The number of thioether (sulfide) groups is 1. The van der Waals surface area contributed by atoms with Gasteiger partial charge < -0.3 is 10.1 Å². The molecule has 0 atom stereocenters. The molecule has 0 aliphatic heterocycles. The van der Waals surface area contributed by atoms with E-state index >= 15 is 0 Å². The average Bonchev–Trinajstić information content (AvgIpc) is 2.55. The van der Waals surface area contributed by atoms with Gasteiger partial charge in [-0.15, -0.1) is 11.8 Å². The number of hydrogen-bond donors (Lipinski definition) is 1. The molecular weight excluding hydrogens is 344 g/mol. The topological polar surface area (TPSA) is 41.6 Å². The zero-order chi connectivity index (χ0) is 17.5. The maximum Gasteiger partial charge on any atom is 0.238 e. The van der Waals surface area contributed by atoms with Crippen LogP contribution in [0.5, 0.6) is 5.75 Å². The van der Waals surface area contributed by atoms with Crippen molar-refractivity contribution in [2.45, 2.75) is 11.4 Å². The number of anilines is 1. The van der Waals surface area contributed by atoms with E-state index in [0.717, 1.165) is 21.9 Å². The highest BCUT2D eigenvalue weighted by Crippen LogP contribution is 2.25. The molecule has 0 radical (unpaired) electrons. The van der Waals surface area contributed by atoms with Gasteiger partial charge in [-0.3, -0.25) is 9.69 Å². The van der Waals surface area contributed by atoms with Gasteiger partial charge in [-0.1, -0.05) is 23.7 Å². The van der Waals surface area contributed by atoms with Gasteiger partial charge in [0.15, 0.2) is 0 Å². The maximum atomic E-state index is 12.3. The first-order valence-corrected chi connectivity index (χ1v) is 9.07. The van der Waals surface area contributed by atoms with Crippen molar-refractivity contribution in [2.75, 3.05) is 32.3 Å². The molecule has 0 fully saturated rings. The quantitative estimate of drug-likeness (QED) is 0.750. The van der Waals surface area contributed by atoms with Crippen LogP contribution in [-0.2, 0) is 11.3 Å². The summed E-state index contributed by atoms with van der Waals surface area (Å²) < 4.78 is 5.34. The number of nitrogens with zero attached hydrogens (tertiary/aromatic N) is 1. The summed E-state index contributed by atoms with van der Waals surface area (Å²) in [6.45, 7) is 0.847. The van der Waals surface area contributed by atoms with E-state index in [2.05, 4.69) is 5.32 Å². The van der Waals surface area contributed by atoms with Crippen LogP contribution in [0.4, 0.5) is 5.69 Å². The Morgan fingerprint density at radius 2 is 2.04 bits per heavy atom. The summed E-state index contributed by atoms with van der Waals surface area (Å²) in [5, 5.41) is 3.61. The molecule has 6 heteroatoms. The summed E-state index contributed by atoms with van der Waals surface area (Å²) in [6, 6.07) is 13.2. The van der Waals surface area contributed by atoms with Crippen molar-refractivity contribution in [2.24, 2.45) is 0 Å². The zero-order valence-corrected chi connectivity index (χ0v) is 15.6. The molecule has 0 aliphatic rings. The molecule has 24 heavy (non-hydrogen) atoms. The third kappa shape index (κ3) is 5.16. The van der Waals surface area contributed by atoms with E-state index in [0.29, 0.717) is 11.6 Å². The van der Waals surface area contributed by atoms with Gasteiger partial charge in [-0.25, -0.2) is 0 Å². The predicted octanol–water partition coefficient (Wildman–Crippen LogP) is 4.14. The lowest BCUT2D eigenvalue weighted by Gasteiger charge is -2.18. The Balaban J connectivity index is 1.98. The Labute approximate surface area is 152 Å². The number of amides is 1. The van der Waals surface area contributed by atoms with Crippen LogP contribution in [0.3, 0.4) is 0 Å². The van der Waals surface area contributed by atoms with Crippen LogP contribution in [0.15, 0.2) is 47.4 Å². The molecule has 0 bridgehead atoms. The minimum absolute atomic E-state index is 0.0556. The number of methoxy groups -OCH3 is 1. The standard InChI is InChI=1S/C18H21ClN2O2S/c1-21(11-13-10-14(19)8-9-16(13)23-2)12-18(22)20-15-6-4-5-7-17(15)24-3/h4-10H,11-12H2,1-3H3,(H,20,22). The SMILES string of the molecule is COc1ccc(Cl)cc1CN(C)CC(=O)Nc1ccccc1SC. The van der Waals surface area contributed by atoms with Crippen molar-refractivity contribution in [1.29, 1.82) is 0 Å². The zero-order valence-electron chi connectivity index (χ0n) is 14.0. The second-order valence-corrected chi connectivity index (χ2v) is 6.66. The number of likely N-dealkylation sites (N-methyl/N-ethyl adjacent to an activating group) is 1. The first-order chi connectivity index (χ1) is 11.5. The highest BCUT2D eigenvalue weighted by molar-refractivity contribution is 7.98. The molecule has 2 aromatic carbocycles. The number of hydrogen-bond acceptors (Lipinski definition) is 4. The first-order valence-electron chi connectivity index (χ1n) is 7.47. The third-order valence-electron chi connectivity index (χ3n) is 3.48. The number of halogens is 1. The molecular formula is C18H21ClN2O2S. The molecule has 0 aromatic heterocycles. The Kier molecular flexibility index (Phi) is 6.97. The summed E-state index contributed by atoms with van der Waals surface area (Å²) in [4.78, 5) is 15.3. The number of benzene rings is 2. The van der Waals surface area contributed by atoms with Gasteiger partial charge in [0.1, 0.15) is 5.75 Å². The minimum Gasteiger partial charge on any atom is -0.496 e. The van der Waals surface area contributed by atoms with Crippen LogP contribution in [0.25, 0.3) is 0 Å². The highest BCUT2D eigenvalue weighted by Gasteiger charge is 2.12. The van der Waals surface area contributed by atoms with Crippen LogP contribution >= 0.6 is 23.4 Å². The summed E-state index contributed by atoms with van der Waals surface area (Å²) in [7, 11) is 3.51. The van der Waals surface area contributed by atoms with Gasteiger partial charge in [-0.05, 0) is 43.6 Å². The first kappa shape index (κ1) is 18.6. The van der Waals surface area contributed by atoms with Crippen LogP contribution < -0.4 is 10.1 Å². The van der Waals surface area contributed by atoms with Crippen LogP contribution in [-0.4, -0.2) is 37.8 Å². The van der Waals surface area contributed by atoms with Crippen LogP contribution in [0.2, 0.25) is 5.02 Å². The van der Waals surface area contributed by atoms with E-state index < -0.39 is 0 Å². The molecule has 0 unspecified atom stereocenters. The van der Waals surface area contributed by atoms with Crippen LogP contribution in [0, 0.1) is 0 Å². The molecule has 0 spiro atoms. The minimum atomic E-state index is -0.0556. The van der Waals surface area contributed by atoms with E-state index in [1.807, 2.05) is 54.6 Å². The number of para-hydroxylation sites is 1. The summed E-state index contributed by atoms with van der Waals surface area (Å²) >= 11 is 7.65. The average molecular weight is 365 g/mol. The van der Waals surface area contributed by atoms with Gasteiger partial charge in [0.2, 0.25) is 5.91 Å². The van der Waals surface area contributed by atoms with Crippen molar-refractivity contribution in [3.05, 3.63) is 53.1 Å². The second-order valence-electron chi connectivity index (χ2n) is 5.38. The van der Waals surface area contributed by atoms with Crippen molar-refractivity contribution in [3.8, 4) is 5.75 Å². The second kappa shape index (κ2) is 8.97. The molecule has 0 saturated carbocycles. The summed E-state index contributed by atoms with van der Waals surface area (Å²) in [5.74, 6) is 0.708. The fourth-order valence-corrected chi connectivity index (χ4v) is 3.15. The smallest absolute Gasteiger partial charge is 0.238 e. The van der Waals surface area contributed by atoms with Crippen LogP contribution in [0.1, 0.15) is 5.56 Å². The van der Waals surface area contributed by atoms with Gasteiger partial charge in [0.25, 0.3) is 0 Å². The number of carbonyl (C=O) groups is 1. The molecule has 2 rings (SSSR count). The Morgan fingerprint density at radius 1 is 1.29 bits per heavy atom. The van der Waals surface area contributed by atoms with Gasteiger partial charge in [0, 0.05) is 22.0 Å². The van der Waals surface area contributed by atoms with Crippen molar-refractivity contribution in [3.63, 3.8) is 0 Å². The molecule has 1 N–H and O–H groups in total. The molecule has 128 valence electrons. The Bertz CT molecular complexity index is 709. The monoisotopic (exact) mass is 364 g/mol. The van der Waals surface area contributed by atoms with Gasteiger partial charge >= 0.3 is 0 Å². The molecule has 1 amide bonds. The Morgan fingerprint density at radius 3 is 2.75 bits per heavy atom. The van der Waals surface area contributed by atoms with Gasteiger partial charge in [0.05, 0.1) is 19.3 Å². The lowest BCUT2D eigenvalue weighted by atomic mass is 10.2. The van der Waals surface area contributed by atoms with E-state index in [4.69, 9.17) is 16.3 Å². The summed E-state index contributed by atoms with van der Waals surface area (Å²) in [6.07, 6.45) is 1.99. The third-order valence-corrected chi connectivity index (χ3v) is 4.51. The van der Waals surface area contributed by atoms with Crippen molar-refractivity contribution >= 4 is 35.0 Å². The molecule has 0 heterocycles. The van der Waals surface area contributed by atoms with E-state index in [9.17, 15) is 4.79 Å². The number of nitrogens with one attached hydrogen (secondary N) is 1. The fraction of sp³-hybridized carbons (Fsp3) is 0.278. The van der Waals surface area contributed by atoms with E-state index in [1.165, 1.54) is 0 Å². The molecule has 0 aliphatic carbocycles. The predicted molar refractivity (Wildman–Crippen MR) is 101 cm³/mol. The van der Waals surface area contributed by atoms with Crippen molar-refractivity contribution in [1.82, 2.24) is 4.90 Å². The largest absolute Gasteiger partial charge is 0.496 e. The summed E-state index contributed by atoms with van der Waals surface area (Å²) in [5.41, 5.74) is 1.79.